The summed E-state index contributed by atoms with van der Waals surface area (Å²) in [6.07, 6.45) is 1.86. The molecule has 3 N–H and O–H groups in total. The molecule has 1 saturated heterocycles. The predicted octanol–water partition coefficient (Wildman–Crippen LogP) is 0.316. The quantitative estimate of drug-likeness (QED) is 0.470. The van der Waals surface area contributed by atoms with Gasteiger partial charge in [0.05, 0.1) is 5.84 Å². The lowest BCUT2D eigenvalue weighted by molar-refractivity contribution is 0.153. The fraction of sp³-hybridized carbons (Fsp3) is 0.778. The van der Waals surface area contributed by atoms with Crippen molar-refractivity contribution in [3.8, 4) is 0 Å². The van der Waals surface area contributed by atoms with Crippen LogP contribution in [0.1, 0.15) is 12.8 Å². The molecule has 1 heterocycles. The number of nitrogens with zero attached hydrogens (tertiary/aromatic N) is 2. The molecule has 1 fully saturated rings. The molecule has 1 aliphatic heterocycles. The Morgan fingerprint density at radius 2 is 2.21 bits per heavy atom. The first-order valence-electron chi connectivity index (χ1n) is 4.82. The lowest BCUT2D eigenvalue weighted by atomic mass is 9.97. The molecule has 0 aromatic heterocycles. The minimum absolute atomic E-state index is 0.0101. The molecule has 2 amide bonds. The molecule has 1 rings (SSSR count). The number of carbonyl (C=O) groups excluding carboxylic acids is 1. The zero-order valence-corrected chi connectivity index (χ0v) is 8.79. The molecule has 0 radical (unpaired) electrons. The van der Waals surface area contributed by atoms with E-state index in [4.69, 9.17) is 11.1 Å². The molecule has 0 aliphatic carbocycles. The monoisotopic (exact) mass is 198 g/mol. The van der Waals surface area contributed by atoms with E-state index in [0.717, 1.165) is 19.4 Å². The van der Waals surface area contributed by atoms with Crippen molar-refractivity contribution in [2.45, 2.75) is 12.8 Å². The molecule has 0 spiro atoms. The van der Waals surface area contributed by atoms with Crippen LogP contribution in [-0.2, 0) is 0 Å². The molecule has 5 heteroatoms. The van der Waals surface area contributed by atoms with Gasteiger partial charge < -0.3 is 15.5 Å². The molecule has 14 heavy (non-hydrogen) atoms. The maximum Gasteiger partial charge on any atom is 0.319 e. The average molecular weight is 198 g/mol. The van der Waals surface area contributed by atoms with Crippen molar-refractivity contribution in [3.05, 3.63) is 0 Å². The maximum atomic E-state index is 11.6. The van der Waals surface area contributed by atoms with E-state index in [0.29, 0.717) is 6.54 Å². The van der Waals surface area contributed by atoms with Gasteiger partial charge in [-0.2, -0.15) is 0 Å². The summed E-state index contributed by atoms with van der Waals surface area (Å²) in [6.45, 7) is 1.37. The molecule has 80 valence electrons. The summed E-state index contributed by atoms with van der Waals surface area (Å²) < 4.78 is 0. The second-order valence-corrected chi connectivity index (χ2v) is 3.92. The molecule has 5 nitrogen and oxygen atoms in total. The second kappa shape index (κ2) is 4.30. The van der Waals surface area contributed by atoms with Crippen LogP contribution in [-0.4, -0.2) is 48.9 Å². The Kier molecular flexibility index (Phi) is 3.33. The molecule has 0 aromatic carbocycles. The van der Waals surface area contributed by atoms with E-state index in [1.807, 2.05) is 0 Å². The number of urea groups is 1. The fourth-order valence-electron chi connectivity index (χ4n) is 1.69. The standard InChI is InChI=1S/C9H18N4O/c1-12(2)9(14)13-5-3-4-7(6-13)8(10)11/h7H,3-6H2,1-2H3,(H3,10,11). The third-order valence-electron chi connectivity index (χ3n) is 2.51. The van der Waals surface area contributed by atoms with Crippen LogP contribution in [0.15, 0.2) is 0 Å². The Bertz CT molecular complexity index is 239. The first-order chi connectivity index (χ1) is 6.52. The van der Waals surface area contributed by atoms with E-state index in [-0.39, 0.29) is 17.8 Å². The Hall–Kier alpha value is -1.26. The molecule has 0 bridgehead atoms. The highest BCUT2D eigenvalue weighted by atomic mass is 16.2. The van der Waals surface area contributed by atoms with Gasteiger partial charge in [0.15, 0.2) is 0 Å². The topological polar surface area (TPSA) is 73.4 Å². The van der Waals surface area contributed by atoms with Crippen LogP contribution in [0.25, 0.3) is 0 Å². The van der Waals surface area contributed by atoms with Gasteiger partial charge >= 0.3 is 6.03 Å². The number of likely N-dealkylation sites (tertiary alicyclic amines) is 1. The van der Waals surface area contributed by atoms with Gasteiger partial charge in [-0.1, -0.05) is 0 Å². The molecular formula is C9H18N4O. The van der Waals surface area contributed by atoms with E-state index in [1.165, 1.54) is 0 Å². The van der Waals surface area contributed by atoms with Crippen LogP contribution >= 0.6 is 0 Å². The Balaban J connectivity index is 2.56. The van der Waals surface area contributed by atoms with Crippen molar-refractivity contribution < 1.29 is 4.79 Å². The van der Waals surface area contributed by atoms with Crippen molar-refractivity contribution in [2.75, 3.05) is 27.2 Å². The van der Waals surface area contributed by atoms with Crippen molar-refractivity contribution >= 4 is 11.9 Å². The number of nitrogens with two attached hydrogens (primary N) is 1. The van der Waals surface area contributed by atoms with E-state index < -0.39 is 0 Å². The summed E-state index contributed by atoms with van der Waals surface area (Å²) in [5.41, 5.74) is 5.44. The SMILES string of the molecule is CN(C)C(=O)N1CCCC(C(=N)N)C1. The van der Waals surface area contributed by atoms with Crippen LogP contribution in [0.5, 0.6) is 0 Å². The van der Waals surface area contributed by atoms with Gasteiger partial charge in [0.1, 0.15) is 0 Å². The number of piperidine rings is 1. The summed E-state index contributed by atoms with van der Waals surface area (Å²) >= 11 is 0. The lowest BCUT2D eigenvalue weighted by Crippen LogP contribution is -2.47. The van der Waals surface area contributed by atoms with E-state index in [1.54, 1.807) is 23.9 Å². The molecule has 0 aromatic rings. The van der Waals surface area contributed by atoms with Crippen molar-refractivity contribution in [1.29, 1.82) is 5.41 Å². The minimum atomic E-state index is 0.0101. The Morgan fingerprint density at radius 1 is 1.57 bits per heavy atom. The summed E-state index contributed by atoms with van der Waals surface area (Å²) in [5.74, 6) is 0.244. The zero-order valence-electron chi connectivity index (χ0n) is 8.79. The van der Waals surface area contributed by atoms with Crippen LogP contribution in [0.4, 0.5) is 4.79 Å². The summed E-state index contributed by atoms with van der Waals surface area (Å²) in [7, 11) is 3.47. The lowest BCUT2D eigenvalue weighted by Gasteiger charge is -2.33. The number of nitrogens with one attached hydrogen (secondary N) is 1. The van der Waals surface area contributed by atoms with Gasteiger partial charge in [0.2, 0.25) is 0 Å². The largest absolute Gasteiger partial charge is 0.387 e. The fourth-order valence-corrected chi connectivity index (χ4v) is 1.69. The highest BCUT2D eigenvalue weighted by Gasteiger charge is 2.25. The summed E-state index contributed by atoms with van der Waals surface area (Å²) in [5, 5.41) is 7.35. The number of rotatable bonds is 1. The number of hydrogen-bond donors (Lipinski definition) is 2. The Morgan fingerprint density at radius 3 is 2.71 bits per heavy atom. The molecule has 1 aliphatic rings. The van der Waals surface area contributed by atoms with Crippen molar-refractivity contribution in [3.63, 3.8) is 0 Å². The van der Waals surface area contributed by atoms with Gasteiger partial charge in [-0.15, -0.1) is 0 Å². The maximum absolute atomic E-state index is 11.6. The smallest absolute Gasteiger partial charge is 0.319 e. The molecule has 1 unspecified atom stereocenters. The van der Waals surface area contributed by atoms with Crippen molar-refractivity contribution in [2.24, 2.45) is 11.7 Å². The first-order valence-corrected chi connectivity index (χ1v) is 4.82. The van der Waals surface area contributed by atoms with E-state index in [2.05, 4.69) is 0 Å². The molecular weight excluding hydrogens is 180 g/mol. The van der Waals surface area contributed by atoms with Crippen LogP contribution < -0.4 is 5.73 Å². The zero-order chi connectivity index (χ0) is 10.7. The van der Waals surface area contributed by atoms with Crippen LogP contribution in [0.2, 0.25) is 0 Å². The minimum Gasteiger partial charge on any atom is -0.387 e. The number of amidine groups is 1. The highest BCUT2D eigenvalue weighted by Crippen LogP contribution is 2.16. The van der Waals surface area contributed by atoms with Gasteiger partial charge in [-0.25, -0.2) is 4.79 Å². The average Bonchev–Trinajstić information content (AvgIpc) is 2.16. The third kappa shape index (κ3) is 2.37. The number of hydrogen-bond acceptors (Lipinski definition) is 2. The second-order valence-electron chi connectivity index (χ2n) is 3.92. The van der Waals surface area contributed by atoms with E-state index in [9.17, 15) is 4.79 Å². The van der Waals surface area contributed by atoms with Crippen LogP contribution in [0, 0.1) is 11.3 Å². The van der Waals surface area contributed by atoms with Gasteiger partial charge in [0, 0.05) is 33.1 Å². The third-order valence-corrected chi connectivity index (χ3v) is 2.51. The van der Waals surface area contributed by atoms with Crippen molar-refractivity contribution in [1.82, 2.24) is 9.80 Å². The summed E-state index contributed by atoms with van der Waals surface area (Å²) in [4.78, 5) is 14.9. The molecule has 1 atom stereocenters. The number of amides is 2. The van der Waals surface area contributed by atoms with Gasteiger partial charge in [-0.05, 0) is 12.8 Å². The van der Waals surface area contributed by atoms with E-state index >= 15 is 0 Å². The first kappa shape index (κ1) is 10.8. The predicted molar refractivity (Wildman–Crippen MR) is 55.3 cm³/mol. The highest BCUT2D eigenvalue weighted by molar-refractivity contribution is 5.81. The number of carbonyl (C=O) groups is 1. The van der Waals surface area contributed by atoms with Crippen LogP contribution in [0.3, 0.4) is 0 Å². The molecule has 0 saturated carbocycles. The van der Waals surface area contributed by atoms with Gasteiger partial charge in [-0.3, -0.25) is 5.41 Å². The Labute approximate surface area is 84.4 Å². The normalized spacial score (nSPS) is 21.9. The summed E-state index contributed by atoms with van der Waals surface area (Å²) in [6, 6.07) is 0.0101. The van der Waals surface area contributed by atoms with Gasteiger partial charge in [0.25, 0.3) is 0 Å².